The Morgan fingerprint density at radius 3 is 2.66 bits per heavy atom. The van der Waals surface area contributed by atoms with Gasteiger partial charge in [-0.15, -0.1) is 24.0 Å². The molecule has 1 aliphatic carbocycles. The fraction of sp³-hybridized carbons (Fsp3) is 0.682. The number of piperazine rings is 1. The summed E-state index contributed by atoms with van der Waals surface area (Å²) in [7, 11) is 6.22. The summed E-state index contributed by atoms with van der Waals surface area (Å²) in [6.45, 7) is 7.05. The molecule has 0 spiro atoms. The molecule has 1 saturated heterocycles. The Morgan fingerprint density at radius 1 is 1.17 bits per heavy atom. The van der Waals surface area contributed by atoms with Crippen molar-refractivity contribution in [2.75, 3.05) is 47.3 Å². The number of hydrogen-bond donors (Lipinski definition) is 2. The molecule has 1 aromatic rings. The molecule has 1 aliphatic heterocycles. The smallest absolute Gasteiger partial charge is 0.191 e. The Morgan fingerprint density at radius 2 is 1.93 bits per heavy atom. The molecule has 3 rings (SSSR count). The number of nitrogens with one attached hydrogen (secondary N) is 2. The number of nitrogens with zero attached hydrogens (tertiary/aromatic N) is 3. The largest absolute Gasteiger partial charge is 0.490 e. The van der Waals surface area contributed by atoms with E-state index in [4.69, 9.17) is 4.74 Å². The summed E-state index contributed by atoms with van der Waals surface area (Å²) in [5.74, 6) is 1.86. The lowest BCUT2D eigenvalue weighted by molar-refractivity contribution is 0.116. The minimum atomic E-state index is 0. The predicted molar refractivity (Wildman–Crippen MR) is 132 cm³/mol. The molecule has 0 bridgehead atoms. The van der Waals surface area contributed by atoms with Crippen molar-refractivity contribution in [3.8, 4) is 5.75 Å². The van der Waals surface area contributed by atoms with Crippen LogP contribution in [0.25, 0.3) is 0 Å². The molecule has 0 aromatic heterocycles. The number of ether oxygens (including phenoxy) is 1. The molecule has 6 nitrogen and oxygen atoms in total. The van der Waals surface area contributed by atoms with Crippen molar-refractivity contribution in [3.63, 3.8) is 0 Å². The van der Waals surface area contributed by atoms with Gasteiger partial charge in [0.25, 0.3) is 0 Å². The van der Waals surface area contributed by atoms with Crippen LogP contribution in [-0.2, 0) is 6.54 Å². The third kappa shape index (κ3) is 7.29. The van der Waals surface area contributed by atoms with Crippen LogP contribution >= 0.6 is 24.0 Å². The second-order valence-electron chi connectivity index (χ2n) is 8.34. The lowest BCUT2D eigenvalue weighted by Gasteiger charge is -2.37. The minimum Gasteiger partial charge on any atom is -0.490 e. The standard InChI is InChI=1S/C22H37N5O.HI/c1-17-9-10-18(21(13-17)28-20-7-5-6-8-20)14-24-22(23-2)25-15-19-16-26(3)11-12-27(19)4;/h9-10,13,19-20H,5-8,11-12,14-16H2,1-4H3,(H2,23,24,25);1H. The Hall–Kier alpha value is -1.06. The first kappa shape index (κ1) is 24.2. The van der Waals surface area contributed by atoms with Gasteiger partial charge >= 0.3 is 0 Å². The Balaban J connectivity index is 0.00000300. The summed E-state index contributed by atoms with van der Waals surface area (Å²) in [5, 5.41) is 6.96. The number of guanidine groups is 1. The third-order valence-electron chi connectivity index (χ3n) is 5.97. The van der Waals surface area contributed by atoms with Crippen molar-refractivity contribution in [1.29, 1.82) is 0 Å². The number of rotatable bonds is 6. The van der Waals surface area contributed by atoms with E-state index in [1.807, 2.05) is 7.05 Å². The van der Waals surface area contributed by atoms with Crippen LogP contribution < -0.4 is 15.4 Å². The maximum Gasteiger partial charge on any atom is 0.191 e. The second-order valence-corrected chi connectivity index (χ2v) is 8.34. The molecule has 2 N–H and O–H groups in total. The summed E-state index contributed by atoms with van der Waals surface area (Å²) in [5.41, 5.74) is 2.43. The van der Waals surface area contributed by atoms with E-state index in [-0.39, 0.29) is 24.0 Å². The Bertz CT molecular complexity index is 663. The van der Waals surface area contributed by atoms with Crippen LogP contribution in [0.3, 0.4) is 0 Å². The number of aliphatic imine (C=N–C) groups is 1. The molecular weight excluding hydrogens is 477 g/mol. The van der Waals surface area contributed by atoms with Gasteiger partial charge in [0.15, 0.2) is 5.96 Å². The van der Waals surface area contributed by atoms with Gasteiger partial charge in [-0.1, -0.05) is 12.1 Å². The topological polar surface area (TPSA) is 52.1 Å². The molecule has 1 aromatic carbocycles. The molecule has 1 unspecified atom stereocenters. The quantitative estimate of drug-likeness (QED) is 0.347. The van der Waals surface area contributed by atoms with Crippen molar-refractivity contribution in [2.45, 2.75) is 51.3 Å². The molecule has 164 valence electrons. The van der Waals surface area contributed by atoms with Crippen LogP contribution in [0.2, 0.25) is 0 Å². The van der Waals surface area contributed by atoms with Gasteiger partial charge in [-0.2, -0.15) is 0 Å². The van der Waals surface area contributed by atoms with E-state index in [2.05, 4.69) is 64.6 Å². The highest BCUT2D eigenvalue weighted by Crippen LogP contribution is 2.27. The summed E-state index contributed by atoms with van der Waals surface area (Å²) < 4.78 is 6.32. The molecule has 0 amide bonds. The van der Waals surface area contributed by atoms with E-state index in [0.717, 1.165) is 37.9 Å². The zero-order valence-electron chi connectivity index (χ0n) is 18.4. The van der Waals surface area contributed by atoms with Crippen LogP contribution in [0.5, 0.6) is 5.75 Å². The number of aryl methyl sites for hydroxylation is 1. The van der Waals surface area contributed by atoms with Gasteiger partial charge in [0.05, 0.1) is 6.10 Å². The molecule has 7 heteroatoms. The number of halogens is 1. The average Bonchev–Trinajstić information content (AvgIpc) is 3.19. The molecule has 1 heterocycles. The zero-order chi connectivity index (χ0) is 19.9. The molecular formula is C22H38IN5O. The van der Waals surface area contributed by atoms with Crippen LogP contribution in [0, 0.1) is 6.92 Å². The first-order valence-electron chi connectivity index (χ1n) is 10.6. The van der Waals surface area contributed by atoms with Crippen molar-refractivity contribution in [2.24, 2.45) is 4.99 Å². The number of likely N-dealkylation sites (N-methyl/N-ethyl adjacent to an activating group) is 2. The fourth-order valence-electron chi connectivity index (χ4n) is 4.04. The Labute approximate surface area is 193 Å². The van der Waals surface area contributed by atoms with Crippen molar-refractivity contribution in [3.05, 3.63) is 29.3 Å². The third-order valence-corrected chi connectivity index (χ3v) is 5.97. The Kier molecular flexibility index (Phi) is 9.98. The first-order valence-corrected chi connectivity index (χ1v) is 10.6. The van der Waals surface area contributed by atoms with E-state index in [0.29, 0.717) is 18.7 Å². The lowest BCUT2D eigenvalue weighted by atomic mass is 10.1. The van der Waals surface area contributed by atoms with Crippen LogP contribution in [0.4, 0.5) is 0 Å². The van der Waals surface area contributed by atoms with Gasteiger partial charge in [-0.05, 0) is 58.3 Å². The van der Waals surface area contributed by atoms with Gasteiger partial charge in [0.2, 0.25) is 0 Å². The van der Waals surface area contributed by atoms with Crippen LogP contribution in [-0.4, -0.2) is 75.2 Å². The summed E-state index contributed by atoms with van der Waals surface area (Å²) in [4.78, 5) is 9.22. The minimum absolute atomic E-state index is 0. The molecule has 2 fully saturated rings. The van der Waals surface area contributed by atoms with E-state index in [1.165, 1.54) is 36.8 Å². The van der Waals surface area contributed by atoms with Crippen molar-refractivity contribution in [1.82, 2.24) is 20.4 Å². The monoisotopic (exact) mass is 515 g/mol. The van der Waals surface area contributed by atoms with Gasteiger partial charge < -0.3 is 20.3 Å². The highest BCUT2D eigenvalue weighted by Gasteiger charge is 2.22. The lowest BCUT2D eigenvalue weighted by Crippen LogP contribution is -2.55. The second kappa shape index (κ2) is 12.0. The number of benzene rings is 1. The molecule has 1 saturated carbocycles. The molecule has 0 radical (unpaired) electrons. The predicted octanol–water partition coefficient (Wildman–Crippen LogP) is 2.85. The maximum atomic E-state index is 6.32. The van der Waals surface area contributed by atoms with Crippen molar-refractivity contribution >= 4 is 29.9 Å². The van der Waals surface area contributed by atoms with Crippen molar-refractivity contribution < 1.29 is 4.74 Å². The summed E-state index contributed by atoms with van der Waals surface area (Å²) in [6, 6.07) is 6.99. The van der Waals surface area contributed by atoms with E-state index < -0.39 is 0 Å². The first-order chi connectivity index (χ1) is 13.5. The van der Waals surface area contributed by atoms with Crippen LogP contribution in [0.15, 0.2) is 23.2 Å². The van der Waals surface area contributed by atoms with Crippen LogP contribution in [0.1, 0.15) is 36.8 Å². The highest BCUT2D eigenvalue weighted by molar-refractivity contribution is 14.0. The van der Waals surface area contributed by atoms with Gasteiger partial charge in [-0.25, -0.2) is 0 Å². The highest BCUT2D eigenvalue weighted by atomic mass is 127. The van der Waals surface area contributed by atoms with E-state index >= 15 is 0 Å². The van der Waals surface area contributed by atoms with Gasteiger partial charge in [-0.3, -0.25) is 9.89 Å². The van der Waals surface area contributed by atoms with E-state index in [1.54, 1.807) is 0 Å². The fourth-order valence-corrected chi connectivity index (χ4v) is 4.04. The van der Waals surface area contributed by atoms with Gasteiger partial charge in [0.1, 0.15) is 5.75 Å². The zero-order valence-corrected chi connectivity index (χ0v) is 20.7. The molecule has 2 aliphatic rings. The molecule has 29 heavy (non-hydrogen) atoms. The average molecular weight is 515 g/mol. The number of hydrogen-bond acceptors (Lipinski definition) is 4. The van der Waals surface area contributed by atoms with E-state index in [9.17, 15) is 0 Å². The molecule has 1 atom stereocenters. The summed E-state index contributed by atoms with van der Waals surface area (Å²) in [6.07, 6.45) is 5.29. The van der Waals surface area contributed by atoms with Gasteiger partial charge in [0, 0.05) is 51.4 Å². The maximum absolute atomic E-state index is 6.32. The normalized spacial score (nSPS) is 21.7. The SMILES string of the molecule is CN=C(NCc1ccc(C)cc1OC1CCCC1)NCC1CN(C)CCN1C.I. The summed E-state index contributed by atoms with van der Waals surface area (Å²) >= 11 is 0.